The molecule has 0 atom stereocenters. The summed E-state index contributed by atoms with van der Waals surface area (Å²) in [6.45, 7) is 18.3. The molecule has 4 fully saturated rings. The number of hydrogen-bond acceptors (Lipinski definition) is 17. The van der Waals surface area contributed by atoms with Crippen molar-refractivity contribution in [3.05, 3.63) is 104 Å². The molecule has 0 unspecified atom stereocenters. The molecule has 0 aliphatic carbocycles. The molecular formula is C55H68Cl2F2N18O3. The Balaban J connectivity index is 0.766. The predicted molar refractivity (Wildman–Crippen MR) is 306 cm³/mol. The fraction of sp³-hybridized carbons (Fsp3) is 0.473. The van der Waals surface area contributed by atoms with E-state index < -0.39 is 23.4 Å². The number of piperazine rings is 2. The van der Waals surface area contributed by atoms with Gasteiger partial charge in [0.1, 0.15) is 29.1 Å². The van der Waals surface area contributed by atoms with Gasteiger partial charge in [-0.15, -0.1) is 0 Å². The molecule has 6 aromatic rings. The normalized spacial score (nSPS) is 17.0. The van der Waals surface area contributed by atoms with E-state index in [0.717, 1.165) is 77.1 Å². The third kappa shape index (κ3) is 13.0. The zero-order valence-electron chi connectivity index (χ0n) is 45.5. The number of carbonyl (C=O) groups excluding carboxylic acids is 3. The van der Waals surface area contributed by atoms with Crippen LogP contribution in [0, 0.1) is 18.6 Å². The minimum Gasteiger partial charge on any atom is -0.354 e. The quantitative estimate of drug-likeness (QED) is 0.0586. The molecular weight excluding hydrogens is 1070 g/mol. The van der Waals surface area contributed by atoms with E-state index in [2.05, 4.69) is 70.0 Å². The van der Waals surface area contributed by atoms with Gasteiger partial charge in [-0.25, -0.2) is 8.78 Å². The first-order valence-electron chi connectivity index (χ1n) is 27.7. The Morgan fingerprint density at radius 3 is 1.71 bits per heavy atom. The number of anilines is 8. The molecule has 5 N–H and O–H groups in total. The Morgan fingerprint density at radius 1 is 0.637 bits per heavy atom. The van der Waals surface area contributed by atoms with Crippen molar-refractivity contribution in [2.75, 3.05) is 123 Å². The summed E-state index contributed by atoms with van der Waals surface area (Å²) in [5.41, 5.74) is 1.68. The number of rotatable bonds is 17. The summed E-state index contributed by atoms with van der Waals surface area (Å²) in [5.74, 6) is 1.88. The van der Waals surface area contributed by atoms with E-state index in [1.54, 1.807) is 34.9 Å². The summed E-state index contributed by atoms with van der Waals surface area (Å²) in [6, 6.07) is 14.9. The van der Waals surface area contributed by atoms with Crippen molar-refractivity contribution < 1.29 is 23.2 Å². The van der Waals surface area contributed by atoms with Crippen LogP contribution in [0.1, 0.15) is 95.3 Å². The van der Waals surface area contributed by atoms with Crippen LogP contribution in [0.4, 0.5) is 55.6 Å². The number of likely N-dealkylation sites (N-methyl/N-ethyl adjacent to an activating group) is 2. The van der Waals surface area contributed by atoms with Crippen LogP contribution in [-0.2, 0) is 6.42 Å². The van der Waals surface area contributed by atoms with Crippen molar-refractivity contribution in [3.8, 4) is 0 Å². The molecule has 2 aromatic carbocycles. The fourth-order valence-corrected chi connectivity index (χ4v) is 11.1. The number of amides is 2. The minimum absolute atomic E-state index is 0.0430. The molecule has 4 aliphatic rings. The number of halogens is 4. The molecule has 4 aliphatic heterocycles. The summed E-state index contributed by atoms with van der Waals surface area (Å²) in [4.78, 5) is 71.9. The van der Waals surface area contributed by atoms with Crippen molar-refractivity contribution in [2.24, 2.45) is 0 Å². The Morgan fingerprint density at radius 2 is 1.18 bits per heavy atom. The van der Waals surface area contributed by atoms with Gasteiger partial charge in [0.05, 0.1) is 26.9 Å². The highest BCUT2D eigenvalue weighted by Gasteiger charge is 2.30. The molecule has 424 valence electrons. The van der Waals surface area contributed by atoms with E-state index in [4.69, 9.17) is 43.1 Å². The van der Waals surface area contributed by atoms with Gasteiger partial charge in [-0.2, -0.15) is 34.8 Å². The van der Waals surface area contributed by atoms with Crippen molar-refractivity contribution >= 4 is 87.7 Å². The largest absolute Gasteiger partial charge is 0.354 e. The monoisotopic (exact) mass is 1140 g/mol. The zero-order valence-corrected chi connectivity index (χ0v) is 47.1. The number of aromatic nitrogens is 8. The van der Waals surface area contributed by atoms with Crippen molar-refractivity contribution in [3.63, 3.8) is 0 Å². The summed E-state index contributed by atoms with van der Waals surface area (Å²) >= 11 is 12.7. The van der Waals surface area contributed by atoms with Crippen LogP contribution in [0.25, 0.3) is 0 Å². The number of aryl methyl sites for hydroxylation is 1. The van der Waals surface area contributed by atoms with Gasteiger partial charge in [0.15, 0.2) is 17.5 Å². The van der Waals surface area contributed by atoms with Crippen LogP contribution in [0.3, 0.4) is 0 Å². The maximum Gasteiger partial charge on any atom is 0.256 e. The molecule has 0 bridgehead atoms. The molecule has 0 spiro atoms. The topological polar surface area (TPSA) is 217 Å². The average molecular weight is 1140 g/mol. The Bertz CT molecular complexity index is 3180. The van der Waals surface area contributed by atoms with E-state index >= 15 is 4.39 Å². The van der Waals surface area contributed by atoms with Gasteiger partial charge in [-0.1, -0.05) is 56.1 Å². The van der Waals surface area contributed by atoms with Crippen LogP contribution in [0.5, 0.6) is 0 Å². The maximum absolute atomic E-state index is 16.2. The second-order valence-corrected chi connectivity index (χ2v) is 21.5. The van der Waals surface area contributed by atoms with Crippen LogP contribution < -0.4 is 31.1 Å². The third-order valence-electron chi connectivity index (χ3n) is 15.4. The van der Waals surface area contributed by atoms with E-state index in [1.165, 1.54) is 22.9 Å². The predicted octanol–water partition coefficient (Wildman–Crippen LogP) is 7.93. The van der Waals surface area contributed by atoms with E-state index in [9.17, 15) is 18.8 Å². The summed E-state index contributed by atoms with van der Waals surface area (Å²) in [5, 5.41) is 25.3. The molecule has 0 radical (unpaired) electrons. The molecule has 10 rings (SSSR count). The van der Waals surface area contributed by atoms with Crippen LogP contribution >= 0.6 is 23.2 Å². The summed E-state index contributed by atoms with van der Waals surface area (Å²) < 4.78 is 32.3. The fourth-order valence-electron chi connectivity index (χ4n) is 10.7. The number of likely N-dealkylation sites (tertiary alicyclic amines) is 2. The first-order valence-corrected chi connectivity index (χ1v) is 28.4. The van der Waals surface area contributed by atoms with Gasteiger partial charge in [0.25, 0.3) is 11.8 Å². The Labute approximate surface area is 473 Å². The number of benzene rings is 2. The SMILES string of the molecule is CCC(=O)n1nc(C)cc1Nc1cc(N2CCN(CC)CC2)nc(NC2CCN(C(=O)c3ccc(Cc4cc(Nc5cc(N6CCN(CC)CC6)nc(NC6CCN(C(=O)c7cccc(Cl)c7F)CC6)n5)n[nH]4)c(Cl)c3F)CC2)n1. The van der Waals surface area contributed by atoms with Crippen molar-refractivity contribution in [1.82, 2.24) is 59.5 Å². The smallest absolute Gasteiger partial charge is 0.256 e. The zero-order chi connectivity index (χ0) is 56.0. The summed E-state index contributed by atoms with van der Waals surface area (Å²) in [7, 11) is 0. The molecule has 80 heavy (non-hydrogen) atoms. The van der Waals surface area contributed by atoms with Gasteiger partial charge in [-0.3, -0.25) is 19.5 Å². The number of piperidine rings is 2. The van der Waals surface area contributed by atoms with Gasteiger partial charge in [0.2, 0.25) is 17.8 Å². The van der Waals surface area contributed by atoms with Gasteiger partial charge in [0, 0.05) is 133 Å². The minimum atomic E-state index is -0.782. The number of aromatic amines is 1. The lowest BCUT2D eigenvalue weighted by Crippen LogP contribution is -2.46. The molecule has 4 aromatic heterocycles. The van der Waals surface area contributed by atoms with Gasteiger partial charge < -0.3 is 50.7 Å². The number of nitrogens with zero attached hydrogens (tertiary/aromatic N) is 13. The highest BCUT2D eigenvalue weighted by atomic mass is 35.5. The lowest BCUT2D eigenvalue weighted by atomic mass is 10.0. The molecule has 2 amide bonds. The van der Waals surface area contributed by atoms with Crippen LogP contribution in [0.15, 0.2) is 54.6 Å². The van der Waals surface area contributed by atoms with Crippen molar-refractivity contribution in [2.45, 2.75) is 78.3 Å². The number of hydrogen-bond donors (Lipinski definition) is 5. The Kier molecular flexibility index (Phi) is 17.6. The second-order valence-electron chi connectivity index (χ2n) is 20.7. The maximum atomic E-state index is 16.2. The number of H-pyrrole nitrogens is 1. The van der Waals surface area contributed by atoms with E-state index in [0.29, 0.717) is 110 Å². The first-order chi connectivity index (χ1) is 38.7. The molecule has 4 saturated heterocycles. The standard InChI is InChI=1S/C55H68Cl2F2N18O3/c1-5-48(78)77-47(29-34(4)70-77)63-43-33-46(74-27-23-72(7-3)24-28-74)67-55(65-43)61-37-15-19-76(20-16-37)53(80)40-12-11-35(49(57)51(40)59)30-38-31-44(69-68-38)62-42-32-45(73-25-21-71(6-2)22-26-73)66-54(64-42)60-36-13-17-75(18-14-36)52(79)39-9-8-10-41(56)50(39)58/h8-12,29,31-33,36-37H,5-7,13-28,30H2,1-4H3,(H2,61,63,65,67)(H3,60,62,64,66,68,69). The first kappa shape index (κ1) is 56.1. The molecule has 0 saturated carbocycles. The van der Waals surface area contributed by atoms with Crippen LogP contribution in [-0.4, -0.2) is 181 Å². The lowest BCUT2D eigenvalue weighted by molar-refractivity contribution is 0.0705. The van der Waals surface area contributed by atoms with Crippen LogP contribution in [0.2, 0.25) is 10.0 Å². The van der Waals surface area contributed by atoms with Gasteiger partial charge >= 0.3 is 0 Å². The second kappa shape index (κ2) is 25.1. The number of nitrogens with one attached hydrogen (secondary N) is 5. The molecule has 8 heterocycles. The van der Waals surface area contributed by atoms with Gasteiger partial charge in [-0.05, 0) is 69.5 Å². The highest BCUT2D eigenvalue weighted by Crippen LogP contribution is 2.31. The molecule has 21 nitrogen and oxygen atoms in total. The average Bonchev–Trinajstić information content (AvgIpc) is 4.19. The van der Waals surface area contributed by atoms with E-state index in [1.807, 2.05) is 25.1 Å². The lowest BCUT2D eigenvalue weighted by Gasteiger charge is -2.35. The van der Waals surface area contributed by atoms with Crippen molar-refractivity contribution in [1.29, 1.82) is 0 Å². The number of carbonyl (C=O) groups is 3. The molecule has 25 heteroatoms. The third-order valence-corrected chi connectivity index (χ3v) is 16.1. The highest BCUT2D eigenvalue weighted by molar-refractivity contribution is 6.32. The van der Waals surface area contributed by atoms with E-state index in [-0.39, 0.29) is 45.6 Å². The summed E-state index contributed by atoms with van der Waals surface area (Å²) in [6.07, 6.45) is 2.84. The Hall–Kier alpha value is -7.21.